The van der Waals surface area contributed by atoms with Crippen LogP contribution >= 0.6 is 0 Å². The third-order valence-electron chi connectivity index (χ3n) is 3.74. The first-order valence-electron chi connectivity index (χ1n) is 7.32. The van der Waals surface area contributed by atoms with Crippen LogP contribution in [0.3, 0.4) is 0 Å². The Labute approximate surface area is 138 Å². The van der Waals surface area contributed by atoms with Crippen LogP contribution in [0, 0.1) is 6.92 Å². The molecule has 0 unspecified atom stereocenters. The van der Waals surface area contributed by atoms with Crippen LogP contribution in [0.25, 0.3) is 11.0 Å². The van der Waals surface area contributed by atoms with Gasteiger partial charge in [-0.3, -0.25) is 4.79 Å². The largest absolute Gasteiger partial charge is 0.508 e. The summed E-state index contributed by atoms with van der Waals surface area (Å²) in [6.07, 6.45) is 0. The molecule has 0 aliphatic heterocycles. The number of hydrogen-bond donors (Lipinski definition) is 3. The Morgan fingerprint density at radius 3 is 2.67 bits per heavy atom. The number of carbonyl (C=O) groups is 1. The number of phenolic OH excluding ortho intramolecular Hbond substituents is 2. The smallest absolute Gasteiger partial charge is 0.307 e. The van der Waals surface area contributed by atoms with E-state index in [-0.39, 0.29) is 17.3 Å². The molecule has 1 aromatic heterocycles. The fraction of sp³-hybridized carbons (Fsp3) is 0.111. The average molecular weight is 324 g/mol. The van der Waals surface area contributed by atoms with E-state index in [1.807, 2.05) is 18.2 Å². The molecule has 3 N–H and O–H groups in total. The molecule has 1 heterocycles. The lowest BCUT2D eigenvalue weighted by atomic mass is 10.1. The number of carbonyl (C=O) groups excluding carboxylic acids is 1. The van der Waals surface area contributed by atoms with E-state index in [1.165, 1.54) is 18.2 Å². The van der Waals surface area contributed by atoms with E-state index in [0.29, 0.717) is 16.9 Å². The molecule has 0 aliphatic rings. The van der Waals surface area contributed by atoms with Gasteiger partial charge in [-0.25, -0.2) is 5.43 Å². The number of nitrogens with zero attached hydrogens (tertiary/aromatic N) is 1. The molecule has 0 saturated heterocycles. The first-order valence-corrected chi connectivity index (χ1v) is 7.32. The lowest BCUT2D eigenvalue weighted by Crippen LogP contribution is -2.19. The molecule has 1 amide bonds. The Balaban J connectivity index is 1.86. The molecule has 6 heteroatoms. The number of phenols is 2. The summed E-state index contributed by atoms with van der Waals surface area (Å²) < 4.78 is 5.57. The molecule has 0 aliphatic carbocycles. The van der Waals surface area contributed by atoms with Gasteiger partial charge >= 0.3 is 5.91 Å². The Hall–Kier alpha value is -3.28. The number of hydrogen-bond acceptors (Lipinski definition) is 5. The molecule has 0 fully saturated rings. The number of fused-ring (bicyclic) bond motifs is 1. The van der Waals surface area contributed by atoms with E-state index in [9.17, 15) is 15.0 Å². The maximum Gasteiger partial charge on any atom is 0.307 e. The topological polar surface area (TPSA) is 95.1 Å². The van der Waals surface area contributed by atoms with Crippen molar-refractivity contribution in [3.05, 3.63) is 59.4 Å². The van der Waals surface area contributed by atoms with Crippen LogP contribution in [0.5, 0.6) is 11.5 Å². The molecule has 3 rings (SSSR count). The minimum Gasteiger partial charge on any atom is -0.508 e. The predicted molar refractivity (Wildman–Crippen MR) is 90.4 cm³/mol. The Kier molecular flexibility index (Phi) is 3.95. The quantitative estimate of drug-likeness (QED) is 0.391. The zero-order valence-corrected chi connectivity index (χ0v) is 13.2. The SMILES string of the molecule is CC(=NNC(=O)c1oc2ccccc2c1C)c1cc(O)ccc1O. The van der Waals surface area contributed by atoms with Crippen LogP contribution in [0.1, 0.15) is 28.6 Å². The Bertz CT molecular complexity index is 957. The highest BCUT2D eigenvalue weighted by Gasteiger charge is 2.17. The minimum atomic E-state index is -0.484. The average Bonchev–Trinajstić information content (AvgIpc) is 2.92. The van der Waals surface area contributed by atoms with E-state index < -0.39 is 5.91 Å². The lowest BCUT2D eigenvalue weighted by molar-refractivity contribution is 0.0928. The fourth-order valence-corrected chi connectivity index (χ4v) is 2.45. The van der Waals surface area contributed by atoms with E-state index in [4.69, 9.17) is 4.42 Å². The van der Waals surface area contributed by atoms with Gasteiger partial charge in [0.05, 0.1) is 5.71 Å². The van der Waals surface area contributed by atoms with Gasteiger partial charge in [-0.1, -0.05) is 18.2 Å². The molecule has 122 valence electrons. The van der Waals surface area contributed by atoms with Crippen LogP contribution in [0.2, 0.25) is 0 Å². The monoisotopic (exact) mass is 324 g/mol. The summed E-state index contributed by atoms with van der Waals surface area (Å²) in [5.41, 5.74) is 4.45. The van der Waals surface area contributed by atoms with Crippen molar-refractivity contribution in [2.75, 3.05) is 0 Å². The fourth-order valence-electron chi connectivity index (χ4n) is 2.45. The van der Waals surface area contributed by atoms with Crippen molar-refractivity contribution in [3.63, 3.8) is 0 Å². The van der Waals surface area contributed by atoms with Gasteiger partial charge in [0, 0.05) is 16.5 Å². The normalized spacial score (nSPS) is 11.7. The van der Waals surface area contributed by atoms with Crippen LogP contribution < -0.4 is 5.43 Å². The Morgan fingerprint density at radius 1 is 1.17 bits per heavy atom. The lowest BCUT2D eigenvalue weighted by Gasteiger charge is -2.05. The van der Waals surface area contributed by atoms with Gasteiger partial charge < -0.3 is 14.6 Å². The van der Waals surface area contributed by atoms with E-state index >= 15 is 0 Å². The molecule has 0 radical (unpaired) electrons. The highest BCUT2D eigenvalue weighted by atomic mass is 16.3. The molecule has 3 aromatic rings. The summed E-state index contributed by atoms with van der Waals surface area (Å²) in [5.74, 6) is -0.337. The van der Waals surface area contributed by atoms with Crippen LogP contribution in [0.15, 0.2) is 52.0 Å². The number of aryl methyl sites for hydroxylation is 1. The highest BCUT2D eigenvalue weighted by Crippen LogP contribution is 2.25. The molecular formula is C18H16N2O4. The highest BCUT2D eigenvalue weighted by molar-refractivity contribution is 6.03. The third kappa shape index (κ3) is 2.81. The number of rotatable bonds is 3. The summed E-state index contributed by atoms with van der Waals surface area (Å²) in [6, 6.07) is 11.5. The number of nitrogens with one attached hydrogen (secondary N) is 1. The molecule has 2 aromatic carbocycles. The summed E-state index contributed by atoms with van der Waals surface area (Å²) in [7, 11) is 0. The van der Waals surface area contributed by atoms with Crippen molar-refractivity contribution >= 4 is 22.6 Å². The van der Waals surface area contributed by atoms with Gasteiger partial charge in [-0.05, 0) is 38.1 Å². The van der Waals surface area contributed by atoms with E-state index in [0.717, 1.165) is 10.9 Å². The second kappa shape index (κ2) is 6.08. The summed E-state index contributed by atoms with van der Waals surface area (Å²) in [6.45, 7) is 3.42. The number of benzene rings is 2. The van der Waals surface area contributed by atoms with Crippen molar-refractivity contribution < 1.29 is 19.4 Å². The number of amides is 1. The molecular weight excluding hydrogens is 308 g/mol. The first kappa shape index (κ1) is 15.6. The van der Waals surface area contributed by atoms with Crippen molar-refractivity contribution in [1.29, 1.82) is 0 Å². The second-order valence-electron chi connectivity index (χ2n) is 5.39. The summed E-state index contributed by atoms with van der Waals surface area (Å²) in [4.78, 5) is 12.3. The number of furan rings is 1. The van der Waals surface area contributed by atoms with Gasteiger partial charge in [0.15, 0.2) is 5.76 Å². The molecule has 0 saturated carbocycles. The van der Waals surface area contributed by atoms with Crippen LogP contribution in [-0.2, 0) is 0 Å². The third-order valence-corrected chi connectivity index (χ3v) is 3.74. The molecule has 0 bridgehead atoms. The van der Waals surface area contributed by atoms with Gasteiger partial charge in [-0.2, -0.15) is 5.10 Å². The predicted octanol–water partition coefficient (Wildman–Crippen LogP) is 3.31. The molecule has 6 nitrogen and oxygen atoms in total. The summed E-state index contributed by atoms with van der Waals surface area (Å²) >= 11 is 0. The van der Waals surface area contributed by atoms with Crippen molar-refractivity contribution in [2.24, 2.45) is 5.10 Å². The zero-order chi connectivity index (χ0) is 17.3. The van der Waals surface area contributed by atoms with Gasteiger partial charge in [0.1, 0.15) is 17.1 Å². The standard InChI is InChI=1S/C18H16N2O4/c1-10-13-5-3-4-6-16(13)24-17(10)18(23)20-19-11(2)14-9-12(21)7-8-15(14)22/h3-9,21-22H,1-2H3,(H,20,23). The first-order chi connectivity index (χ1) is 11.5. The van der Waals surface area contributed by atoms with Crippen molar-refractivity contribution in [2.45, 2.75) is 13.8 Å². The van der Waals surface area contributed by atoms with Crippen molar-refractivity contribution in [1.82, 2.24) is 5.43 Å². The zero-order valence-electron chi connectivity index (χ0n) is 13.2. The molecule has 24 heavy (non-hydrogen) atoms. The maximum atomic E-state index is 12.3. The van der Waals surface area contributed by atoms with Crippen molar-refractivity contribution in [3.8, 4) is 11.5 Å². The Morgan fingerprint density at radius 2 is 1.92 bits per heavy atom. The second-order valence-corrected chi connectivity index (χ2v) is 5.39. The number of aromatic hydroxyl groups is 2. The van der Waals surface area contributed by atoms with Gasteiger partial charge in [-0.15, -0.1) is 0 Å². The maximum absolute atomic E-state index is 12.3. The minimum absolute atomic E-state index is 0.00296. The summed E-state index contributed by atoms with van der Waals surface area (Å²) in [5, 5.41) is 24.1. The van der Waals surface area contributed by atoms with E-state index in [1.54, 1.807) is 19.9 Å². The van der Waals surface area contributed by atoms with Gasteiger partial charge in [0.2, 0.25) is 0 Å². The van der Waals surface area contributed by atoms with Crippen LogP contribution in [0.4, 0.5) is 0 Å². The molecule has 0 spiro atoms. The van der Waals surface area contributed by atoms with E-state index in [2.05, 4.69) is 10.5 Å². The number of para-hydroxylation sites is 1. The van der Waals surface area contributed by atoms with Crippen LogP contribution in [-0.4, -0.2) is 21.8 Å². The number of hydrazone groups is 1. The van der Waals surface area contributed by atoms with Gasteiger partial charge in [0.25, 0.3) is 0 Å². The molecule has 0 atom stereocenters.